The average molecular weight is 181 g/mol. The highest BCUT2D eigenvalue weighted by molar-refractivity contribution is 7.86. The summed E-state index contributed by atoms with van der Waals surface area (Å²) >= 11 is 0. The highest BCUT2D eigenvalue weighted by Gasteiger charge is 2.25. The summed E-state index contributed by atoms with van der Waals surface area (Å²) < 4.78 is 25.7. The van der Waals surface area contributed by atoms with E-state index in [4.69, 9.17) is 5.11 Å². The van der Waals surface area contributed by atoms with Crippen molar-refractivity contribution in [1.82, 2.24) is 5.32 Å². The molecule has 0 bridgehead atoms. The number of aliphatic hydroxyl groups is 1. The molecule has 0 spiro atoms. The number of hydrogen-bond acceptors (Lipinski definition) is 5. The Bertz CT molecular complexity index is 225. The van der Waals surface area contributed by atoms with Crippen LogP contribution in [0.5, 0.6) is 0 Å². The zero-order valence-corrected chi connectivity index (χ0v) is 6.97. The minimum atomic E-state index is -3.40. The van der Waals surface area contributed by atoms with Crippen LogP contribution in [0, 0.1) is 0 Å². The number of aliphatic hydroxyl groups excluding tert-OH is 1. The molecule has 1 heterocycles. The lowest BCUT2D eigenvalue weighted by Crippen LogP contribution is -2.27. The molecule has 0 aliphatic carbocycles. The van der Waals surface area contributed by atoms with E-state index in [0.717, 1.165) is 6.26 Å². The monoisotopic (exact) mass is 181 g/mol. The molecule has 0 aromatic carbocycles. The average Bonchev–Trinajstić information content (AvgIpc) is 2.10. The molecule has 0 aromatic rings. The first-order chi connectivity index (χ1) is 4.97. The van der Waals surface area contributed by atoms with Gasteiger partial charge in [-0.2, -0.15) is 8.42 Å². The summed E-state index contributed by atoms with van der Waals surface area (Å²) in [6, 6.07) is 0. The van der Waals surface area contributed by atoms with Gasteiger partial charge in [-0.1, -0.05) is 0 Å². The van der Waals surface area contributed by atoms with Crippen molar-refractivity contribution in [2.24, 2.45) is 0 Å². The second-order valence-corrected chi connectivity index (χ2v) is 4.19. The lowest BCUT2D eigenvalue weighted by atomic mass is 10.3. The molecule has 5 nitrogen and oxygen atoms in total. The van der Waals surface area contributed by atoms with Crippen molar-refractivity contribution >= 4 is 10.1 Å². The van der Waals surface area contributed by atoms with E-state index >= 15 is 0 Å². The lowest BCUT2D eigenvalue weighted by Gasteiger charge is -2.07. The molecule has 0 saturated carbocycles. The maximum Gasteiger partial charge on any atom is 0.265 e. The molecule has 1 fully saturated rings. The summed E-state index contributed by atoms with van der Waals surface area (Å²) in [6.45, 7) is 0.389. The second kappa shape index (κ2) is 3.06. The molecule has 1 aliphatic rings. The summed E-state index contributed by atoms with van der Waals surface area (Å²) in [5.74, 6) is 0. The first kappa shape index (κ1) is 8.92. The van der Waals surface area contributed by atoms with E-state index in [9.17, 15) is 8.42 Å². The molecule has 0 amide bonds. The molecular formula is C5H11NO4S. The minimum Gasteiger partial charge on any atom is -0.392 e. The normalized spacial score (nSPS) is 32.5. The predicted molar refractivity (Wildman–Crippen MR) is 38.3 cm³/mol. The van der Waals surface area contributed by atoms with Crippen LogP contribution in [-0.2, 0) is 14.3 Å². The second-order valence-electron chi connectivity index (χ2n) is 2.59. The van der Waals surface area contributed by atoms with Crippen LogP contribution in [0.25, 0.3) is 0 Å². The van der Waals surface area contributed by atoms with Gasteiger partial charge in [0.05, 0.1) is 12.4 Å². The summed E-state index contributed by atoms with van der Waals surface area (Å²) in [5, 5.41) is 11.7. The number of rotatable bonds is 2. The van der Waals surface area contributed by atoms with Crippen molar-refractivity contribution in [3.8, 4) is 0 Å². The van der Waals surface area contributed by atoms with E-state index in [1.807, 2.05) is 0 Å². The number of nitrogens with one attached hydrogen (secondary N) is 1. The van der Waals surface area contributed by atoms with E-state index in [1.165, 1.54) is 0 Å². The Balaban J connectivity index is 2.41. The van der Waals surface area contributed by atoms with Crippen LogP contribution in [-0.4, -0.2) is 38.7 Å². The van der Waals surface area contributed by atoms with Gasteiger partial charge in [0.2, 0.25) is 0 Å². The highest BCUT2D eigenvalue weighted by atomic mass is 32.2. The predicted octanol–water partition coefficient (Wildman–Crippen LogP) is -1.36. The third-order valence-corrected chi connectivity index (χ3v) is 1.94. The van der Waals surface area contributed by atoms with Crippen molar-refractivity contribution in [1.29, 1.82) is 0 Å². The van der Waals surface area contributed by atoms with Crippen LogP contribution in [0.3, 0.4) is 0 Å². The molecule has 6 heteroatoms. The molecule has 2 atom stereocenters. The Labute approximate surface area is 65.5 Å². The van der Waals surface area contributed by atoms with Gasteiger partial charge in [0, 0.05) is 13.0 Å². The third kappa shape index (κ3) is 3.15. The molecule has 11 heavy (non-hydrogen) atoms. The van der Waals surface area contributed by atoms with Gasteiger partial charge in [0.15, 0.2) is 0 Å². The summed E-state index contributed by atoms with van der Waals surface area (Å²) in [6.07, 6.45) is 0.258. The Morgan fingerprint density at radius 1 is 1.64 bits per heavy atom. The van der Waals surface area contributed by atoms with E-state index in [0.29, 0.717) is 13.0 Å². The van der Waals surface area contributed by atoms with Gasteiger partial charge in [-0.05, 0) is 0 Å². The molecule has 1 rings (SSSR count). The molecule has 0 aromatic heterocycles. The molecular weight excluding hydrogens is 170 g/mol. The zero-order chi connectivity index (χ0) is 8.48. The van der Waals surface area contributed by atoms with Gasteiger partial charge >= 0.3 is 0 Å². The van der Waals surface area contributed by atoms with Crippen LogP contribution in [0.15, 0.2) is 0 Å². The molecule has 2 N–H and O–H groups in total. The Morgan fingerprint density at radius 3 is 2.64 bits per heavy atom. The molecule has 2 unspecified atom stereocenters. The van der Waals surface area contributed by atoms with Crippen LogP contribution < -0.4 is 5.32 Å². The van der Waals surface area contributed by atoms with Gasteiger partial charge in [-0.15, -0.1) is 0 Å². The van der Waals surface area contributed by atoms with Crippen molar-refractivity contribution in [3.63, 3.8) is 0 Å². The Hall–Kier alpha value is -0.170. The summed E-state index contributed by atoms with van der Waals surface area (Å²) in [5.41, 5.74) is 0. The Morgan fingerprint density at radius 2 is 2.27 bits per heavy atom. The van der Waals surface area contributed by atoms with Crippen molar-refractivity contribution in [2.45, 2.75) is 18.8 Å². The Kier molecular flexibility index (Phi) is 2.48. The van der Waals surface area contributed by atoms with Crippen LogP contribution >= 0.6 is 0 Å². The van der Waals surface area contributed by atoms with E-state index in [-0.39, 0.29) is 0 Å². The fraction of sp³-hybridized carbons (Fsp3) is 1.00. The maximum absolute atomic E-state index is 10.6. The topological polar surface area (TPSA) is 75.6 Å². The highest BCUT2D eigenvalue weighted by Crippen LogP contribution is 2.09. The van der Waals surface area contributed by atoms with Crippen molar-refractivity contribution in [2.75, 3.05) is 12.8 Å². The van der Waals surface area contributed by atoms with E-state index in [2.05, 4.69) is 9.50 Å². The quantitative estimate of drug-likeness (QED) is 0.515. The van der Waals surface area contributed by atoms with Gasteiger partial charge in [-0.3, -0.25) is 9.50 Å². The fourth-order valence-corrected chi connectivity index (χ4v) is 1.53. The first-order valence-corrected chi connectivity index (χ1v) is 5.09. The van der Waals surface area contributed by atoms with E-state index < -0.39 is 22.4 Å². The van der Waals surface area contributed by atoms with Gasteiger partial charge in [0.25, 0.3) is 10.1 Å². The minimum absolute atomic E-state index is 0.326. The van der Waals surface area contributed by atoms with Gasteiger partial charge in [-0.25, -0.2) is 0 Å². The number of β-amino-alcohol motifs (C(OH)–C–C–N with tert-alkyl or cyclic N) is 1. The number of hydrogen-bond donors (Lipinski definition) is 2. The molecule has 1 saturated heterocycles. The van der Waals surface area contributed by atoms with E-state index in [1.54, 1.807) is 0 Å². The van der Waals surface area contributed by atoms with Crippen LogP contribution in [0.2, 0.25) is 0 Å². The largest absolute Gasteiger partial charge is 0.392 e. The molecule has 0 radical (unpaired) electrons. The first-order valence-electron chi connectivity index (χ1n) is 3.27. The van der Waals surface area contributed by atoms with Crippen LogP contribution in [0.1, 0.15) is 6.42 Å². The SMILES string of the molecule is CS(=O)(=O)OC1CC(O)CN1. The van der Waals surface area contributed by atoms with Crippen molar-refractivity contribution < 1.29 is 17.7 Å². The smallest absolute Gasteiger partial charge is 0.265 e. The van der Waals surface area contributed by atoms with Crippen molar-refractivity contribution in [3.05, 3.63) is 0 Å². The lowest BCUT2D eigenvalue weighted by molar-refractivity contribution is 0.154. The van der Waals surface area contributed by atoms with Gasteiger partial charge < -0.3 is 5.11 Å². The fourth-order valence-electron chi connectivity index (χ4n) is 0.966. The standard InChI is InChI=1S/C5H11NO4S/c1-11(8,9)10-5-2-4(7)3-6-5/h4-7H,2-3H2,1H3. The summed E-state index contributed by atoms with van der Waals surface area (Å²) in [7, 11) is -3.40. The zero-order valence-electron chi connectivity index (χ0n) is 6.15. The van der Waals surface area contributed by atoms with Crippen LogP contribution in [0.4, 0.5) is 0 Å². The molecule has 1 aliphatic heterocycles. The summed E-state index contributed by atoms with van der Waals surface area (Å²) in [4.78, 5) is 0. The third-order valence-electron chi connectivity index (χ3n) is 1.36. The molecule has 66 valence electrons. The van der Waals surface area contributed by atoms with Gasteiger partial charge in [0.1, 0.15) is 6.23 Å². The maximum atomic E-state index is 10.6.